The van der Waals surface area contributed by atoms with E-state index in [2.05, 4.69) is 4.90 Å². The summed E-state index contributed by atoms with van der Waals surface area (Å²) in [6.45, 7) is 2.26. The molecule has 0 saturated carbocycles. The van der Waals surface area contributed by atoms with Crippen LogP contribution in [-0.2, 0) is 20.6 Å². The molecule has 0 radical (unpaired) electrons. The lowest BCUT2D eigenvalue weighted by Crippen LogP contribution is -2.37. The van der Waals surface area contributed by atoms with Gasteiger partial charge in [0.05, 0.1) is 6.54 Å². The van der Waals surface area contributed by atoms with Gasteiger partial charge in [-0.15, -0.1) is 0 Å². The quantitative estimate of drug-likeness (QED) is 0.690. The molecule has 0 bridgehead atoms. The molecule has 1 aliphatic rings. The summed E-state index contributed by atoms with van der Waals surface area (Å²) in [5.41, 5.74) is 1.15. The van der Waals surface area contributed by atoms with E-state index in [1.807, 2.05) is 28.8 Å². The summed E-state index contributed by atoms with van der Waals surface area (Å²) in [4.78, 5) is 32.2. The minimum Gasteiger partial charge on any atom is -0.342 e. The van der Waals surface area contributed by atoms with Crippen LogP contribution < -0.4 is 16.1 Å². The van der Waals surface area contributed by atoms with Crippen molar-refractivity contribution in [2.45, 2.75) is 25.8 Å². The summed E-state index contributed by atoms with van der Waals surface area (Å²) in [5, 5.41) is 0.650. The summed E-state index contributed by atoms with van der Waals surface area (Å²) >= 11 is 6.15. The predicted octanol–water partition coefficient (Wildman–Crippen LogP) is 2.13. The maximum atomic E-state index is 12.9. The van der Waals surface area contributed by atoms with Crippen LogP contribution in [-0.4, -0.2) is 31.8 Å². The standard InChI is InChI=1S/C19H22ClN5O2/c1-22-16-15(17(26)23(2)19(22)27)25(12-13-7-6-8-14(20)11-13)18(21-16)24-9-4-3-5-10-24/h6-8,11H,3-5,9-10,12H2,1-2H3. The molecule has 8 heteroatoms. The number of rotatable bonds is 3. The van der Waals surface area contributed by atoms with E-state index >= 15 is 0 Å². The maximum absolute atomic E-state index is 12.9. The van der Waals surface area contributed by atoms with Gasteiger partial charge in [0.1, 0.15) is 0 Å². The van der Waals surface area contributed by atoms with Crippen LogP contribution in [0.4, 0.5) is 5.95 Å². The molecule has 142 valence electrons. The van der Waals surface area contributed by atoms with Crippen LogP contribution >= 0.6 is 11.6 Å². The van der Waals surface area contributed by atoms with Crippen LogP contribution in [0.25, 0.3) is 11.2 Å². The summed E-state index contributed by atoms with van der Waals surface area (Å²) in [7, 11) is 3.15. The highest BCUT2D eigenvalue weighted by Gasteiger charge is 2.23. The van der Waals surface area contributed by atoms with Crippen molar-refractivity contribution >= 4 is 28.7 Å². The third-order valence-electron chi connectivity index (χ3n) is 5.20. The van der Waals surface area contributed by atoms with Crippen molar-refractivity contribution in [2.24, 2.45) is 14.1 Å². The highest BCUT2D eigenvalue weighted by Crippen LogP contribution is 2.24. The van der Waals surface area contributed by atoms with Crippen molar-refractivity contribution in [1.29, 1.82) is 0 Å². The highest BCUT2D eigenvalue weighted by atomic mass is 35.5. The number of benzene rings is 1. The Morgan fingerprint density at radius 1 is 1.07 bits per heavy atom. The first-order valence-corrected chi connectivity index (χ1v) is 9.51. The average molecular weight is 388 g/mol. The summed E-state index contributed by atoms with van der Waals surface area (Å²) in [5.74, 6) is 0.739. The van der Waals surface area contributed by atoms with Gasteiger partial charge in [-0.25, -0.2) is 4.79 Å². The van der Waals surface area contributed by atoms with Crippen molar-refractivity contribution in [3.63, 3.8) is 0 Å². The molecular weight excluding hydrogens is 366 g/mol. The van der Waals surface area contributed by atoms with E-state index in [4.69, 9.17) is 16.6 Å². The number of halogens is 1. The minimum atomic E-state index is -0.370. The Bertz CT molecular complexity index is 1120. The van der Waals surface area contributed by atoms with Crippen LogP contribution in [0.5, 0.6) is 0 Å². The molecular formula is C19H22ClN5O2. The number of nitrogens with zero attached hydrogens (tertiary/aromatic N) is 5. The molecule has 0 N–H and O–H groups in total. The van der Waals surface area contributed by atoms with Crippen LogP contribution in [0.15, 0.2) is 33.9 Å². The lowest BCUT2D eigenvalue weighted by molar-refractivity contribution is 0.560. The average Bonchev–Trinajstić information content (AvgIpc) is 3.05. The normalized spacial score (nSPS) is 14.9. The van der Waals surface area contributed by atoms with Gasteiger partial charge >= 0.3 is 5.69 Å². The molecule has 4 rings (SSSR count). The molecule has 0 unspecified atom stereocenters. The number of fused-ring (bicyclic) bond motifs is 1. The minimum absolute atomic E-state index is 0.328. The molecule has 1 saturated heterocycles. The smallest absolute Gasteiger partial charge is 0.332 e. The first-order chi connectivity index (χ1) is 13.0. The Kier molecular flexibility index (Phi) is 4.55. The molecule has 0 spiro atoms. The lowest BCUT2D eigenvalue weighted by Gasteiger charge is -2.28. The second-order valence-corrected chi connectivity index (χ2v) is 7.49. The van der Waals surface area contributed by atoms with E-state index in [1.54, 1.807) is 7.05 Å². The van der Waals surface area contributed by atoms with Crippen molar-refractivity contribution in [1.82, 2.24) is 18.7 Å². The van der Waals surface area contributed by atoms with Crippen LogP contribution in [0, 0.1) is 0 Å². The molecule has 3 aromatic rings. The number of imidazole rings is 1. The molecule has 7 nitrogen and oxygen atoms in total. The summed E-state index contributed by atoms with van der Waals surface area (Å²) in [6, 6.07) is 7.58. The molecule has 27 heavy (non-hydrogen) atoms. The first-order valence-electron chi connectivity index (χ1n) is 9.13. The molecule has 0 amide bonds. The fourth-order valence-electron chi connectivity index (χ4n) is 3.74. The van der Waals surface area contributed by atoms with E-state index in [-0.39, 0.29) is 11.2 Å². The van der Waals surface area contributed by atoms with Gasteiger partial charge in [-0.3, -0.25) is 18.5 Å². The van der Waals surface area contributed by atoms with Crippen molar-refractivity contribution in [3.8, 4) is 0 Å². The molecule has 3 heterocycles. The number of hydrogen-bond donors (Lipinski definition) is 0. The van der Waals surface area contributed by atoms with Crippen molar-refractivity contribution < 1.29 is 0 Å². The predicted molar refractivity (Wildman–Crippen MR) is 107 cm³/mol. The van der Waals surface area contributed by atoms with Gasteiger partial charge < -0.3 is 4.90 Å². The van der Waals surface area contributed by atoms with Gasteiger partial charge in [0, 0.05) is 32.2 Å². The van der Waals surface area contributed by atoms with Gasteiger partial charge in [-0.1, -0.05) is 23.7 Å². The maximum Gasteiger partial charge on any atom is 0.332 e. The van der Waals surface area contributed by atoms with Gasteiger partial charge in [-0.05, 0) is 37.0 Å². The molecule has 2 aromatic heterocycles. The number of aryl methyl sites for hydroxylation is 1. The number of hydrogen-bond acceptors (Lipinski definition) is 4. The fourth-order valence-corrected chi connectivity index (χ4v) is 3.95. The molecule has 1 aromatic carbocycles. The zero-order valence-corrected chi connectivity index (χ0v) is 16.2. The second kappa shape index (κ2) is 6.88. The SMILES string of the molecule is Cn1c(=O)c2c(nc(N3CCCCC3)n2Cc2cccc(Cl)c2)n(C)c1=O. The topological polar surface area (TPSA) is 65.1 Å². The Balaban J connectivity index is 1.97. The monoisotopic (exact) mass is 387 g/mol. The lowest BCUT2D eigenvalue weighted by atomic mass is 10.1. The zero-order chi connectivity index (χ0) is 19.1. The Labute approximate surface area is 161 Å². The highest BCUT2D eigenvalue weighted by molar-refractivity contribution is 6.30. The van der Waals surface area contributed by atoms with Gasteiger partial charge in [0.15, 0.2) is 11.2 Å². The molecule has 0 atom stereocenters. The first kappa shape index (κ1) is 17.9. The number of piperidine rings is 1. The van der Waals surface area contributed by atoms with E-state index in [0.29, 0.717) is 22.7 Å². The van der Waals surface area contributed by atoms with Gasteiger partial charge in [-0.2, -0.15) is 4.98 Å². The van der Waals surface area contributed by atoms with Gasteiger partial charge in [0.2, 0.25) is 5.95 Å². The molecule has 1 fully saturated rings. The van der Waals surface area contributed by atoms with E-state index in [9.17, 15) is 9.59 Å². The Morgan fingerprint density at radius 3 is 2.52 bits per heavy atom. The van der Waals surface area contributed by atoms with Crippen molar-refractivity contribution in [3.05, 3.63) is 55.7 Å². The van der Waals surface area contributed by atoms with Crippen LogP contribution in [0.2, 0.25) is 5.02 Å². The van der Waals surface area contributed by atoms with E-state index in [0.717, 1.165) is 42.0 Å². The van der Waals surface area contributed by atoms with Crippen LogP contribution in [0.1, 0.15) is 24.8 Å². The number of aromatic nitrogens is 4. The van der Waals surface area contributed by atoms with Gasteiger partial charge in [0.25, 0.3) is 5.56 Å². The molecule has 0 aliphatic carbocycles. The van der Waals surface area contributed by atoms with E-state index < -0.39 is 0 Å². The summed E-state index contributed by atoms with van der Waals surface area (Å²) in [6.07, 6.45) is 3.39. The Morgan fingerprint density at radius 2 is 1.81 bits per heavy atom. The third-order valence-corrected chi connectivity index (χ3v) is 5.43. The second-order valence-electron chi connectivity index (χ2n) is 7.05. The number of anilines is 1. The largest absolute Gasteiger partial charge is 0.342 e. The zero-order valence-electron chi connectivity index (χ0n) is 15.5. The fraction of sp³-hybridized carbons (Fsp3) is 0.421. The Hall–Kier alpha value is -2.54. The molecule has 1 aliphatic heterocycles. The third kappa shape index (κ3) is 3.06. The van der Waals surface area contributed by atoms with Crippen LogP contribution in [0.3, 0.4) is 0 Å². The van der Waals surface area contributed by atoms with E-state index in [1.165, 1.54) is 18.0 Å². The summed E-state index contributed by atoms with van der Waals surface area (Å²) < 4.78 is 4.51. The van der Waals surface area contributed by atoms with Crippen molar-refractivity contribution in [2.75, 3.05) is 18.0 Å².